The molecule has 0 spiro atoms. The number of rotatable bonds is 4. The summed E-state index contributed by atoms with van der Waals surface area (Å²) in [7, 11) is 0. The van der Waals surface area contributed by atoms with Crippen molar-refractivity contribution >= 4 is 0 Å². The second-order valence-corrected chi connectivity index (χ2v) is 7.91. The van der Waals surface area contributed by atoms with Gasteiger partial charge in [-0.2, -0.15) is 0 Å². The van der Waals surface area contributed by atoms with Crippen LogP contribution >= 0.6 is 0 Å². The molecule has 0 aromatic rings. The van der Waals surface area contributed by atoms with E-state index in [0.29, 0.717) is 0 Å². The zero-order chi connectivity index (χ0) is 12.9. The van der Waals surface area contributed by atoms with Crippen molar-refractivity contribution in [2.45, 2.75) is 96.3 Å². The van der Waals surface area contributed by atoms with Crippen LogP contribution in [0.1, 0.15) is 96.3 Å². The largest absolute Gasteiger partial charge is 0.0530 e. The Balaban J connectivity index is 1.41. The van der Waals surface area contributed by atoms with Gasteiger partial charge in [-0.3, -0.25) is 0 Å². The fourth-order valence-corrected chi connectivity index (χ4v) is 4.92. The van der Waals surface area contributed by atoms with Gasteiger partial charge in [-0.1, -0.05) is 96.3 Å². The van der Waals surface area contributed by atoms with E-state index in [2.05, 4.69) is 0 Å². The molecule has 3 fully saturated rings. The molecule has 2 unspecified atom stereocenters. The molecule has 0 aromatic heterocycles. The van der Waals surface area contributed by atoms with Crippen molar-refractivity contribution in [3.05, 3.63) is 0 Å². The first kappa shape index (κ1) is 14.0. The molecule has 0 aliphatic heterocycles. The van der Waals surface area contributed by atoms with Crippen LogP contribution in [0.15, 0.2) is 0 Å². The van der Waals surface area contributed by atoms with E-state index in [9.17, 15) is 0 Å². The summed E-state index contributed by atoms with van der Waals surface area (Å²) in [6.45, 7) is 0. The van der Waals surface area contributed by atoms with Gasteiger partial charge in [-0.15, -0.1) is 0 Å². The first-order valence-corrected chi connectivity index (χ1v) is 9.42. The Bertz CT molecular complexity index is 235. The highest BCUT2D eigenvalue weighted by molar-refractivity contribution is 4.79. The number of fused-ring (bicyclic) bond motifs is 1. The molecule has 0 N–H and O–H groups in total. The maximum atomic E-state index is 1.57. The van der Waals surface area contributed by atoms with Crippen molar-refractivity contribution in [1.82, 2.24) is 0 Å². The lowest BCUT2D eigenvalue weighted by Crippen LogP contribution is -2.19. The van der Waals surface area contributed by atoms with Crippen molar-refractivity contribution in [3.8, 4) is 0 Å². The third-order valence-corrected chi connectivity index (χ3v) is 6.36. The van der Waals surface area contributed by atoms with E-state index < -0.39 is 0 Å². The van der Waals surface area contributed by atoms with Crippen molar-refractivity contribution in [2.24, 2.45) is 23.7 Å². The third-order valence-electron chi connectivity index (χ3n) is 6.36. The van der Waals surface area contributed by atoms with E-state index >= 15 is 0 Å². The summed E-state index contributed by atoms with van der Waals surface area (Å²) in [5.41, 5.74) is 0. The molecule has 2 atom stereocenters. The first-order chi connectivity index (χ1) is 9.42. The summed E-state index contributed by atoms with van der Waals surface area (Å²) < 4.78 is 0. The van der Waals surface area contributed by atoms with E-state index in [1.54, 1.807) is 83.5 Å². The Morgan fingerprint density at radius 3 is 1.47 bits per heavy atom. The van der Waals surface area contributed by atoms with Gasteiger partial charge in [-0.25, -0.2) is 0 Å². The van der Waals surface area contributed by atoms with Gasteiger partial charge in [0.05, 0.1) is 0 Å². The van der Waals surface area contributed by atoms with Gasteiger partial charge in [0.25, 0.3) is 0 Å². The van der Waals surface area contributed by atoms with Crippen LogP contribution in [0, 0.1) is 23.7 Å². The molecule has 0 amide bonds. The van der Waals surface area contributed by atoms with Gasteiger partial charge in [0.1, 0.15) is 0 Å². The smallest absolute Gasteiger partial charge is 0.0386 e. The van der Waals surface area contributed by atoms with Crippen LogP contribution < -0.4 is 0 Å². The fourth-order valence-electron chi connectivity index (χ4n) is 4.92. The molecule has 3 saturated carbocycles. The Labute approximate surface area is 120 Å². The summed E-state index contributed by atoms with van der Waals surface area (Å²) in [5.74, 6) is 4.50. The predicted octanol–water partition coefficient (Wildman–Crippen LogP) is 6.34. The van der Waals surface area contributed by atoms with Crippen molar-refractivity contribution in [3.63, 3.8) is 0 Å². The Kier molecular flexibility index (Phi) is 5.24. The van der Waals surface area contributed by atoms with E-state index in [0.717, 1.165) is 23.7 Å². The molecule has 3 aliphatic rings. The topological polar surface area (TPSA) is 0 Å². The lowest BCUT2D eigenvalue weighted by Gasteiger charge is -2.31. The maximum Gasteiger partial charge on any atom is -0.0386 e. The molecule has 0 saturated heterocycles. The van der Waals surface area contributed by atoms with Crippen LogP contribution in [0.4, 0.5) is 0 Å². The van der Waals surface area contributed by atoms with Gasteiger partial charge in [0, 0.05) is 0 Å². The third kappa shape index (κ3) is 4.50. The van der Waals surface area contributed by atoms with E-state index in [4.69, 9.17) is 0 Å². The average molecular weight is 262 g/mol. The van der Waals surface area contributed by atoms with Crippen LogP contribution in [0.2, 0.25) is 0 Å². The minimum atomic E-state index is 1.10. The molecule has 0 nitrogen and oxygen atoms in total. The number of hydrogen-bond acceptors (Lipinski definition) is 0. The molecule has 19 heavy (non-hydrogen) atoms. The highest BCUT2D eigenvalue weighted by Gasteiger charge is 2.26. The lowest BCUT2D eigenvalue weighted by atomic mass is 9.75. The summed E-state index contributed by atoms with van der Waals surface area (Å²) >= 11 is 0. The highest BCUT2D eigenvalue weighted by Crippen LogP contribution is 2.40. The monoisotopic (exact) mass is 262 g/mol. The summed E-state index contributed by atoms with van der Waals surface area (Å²) in [4.78, 5) is 0. The molecule has 0 radical (unpaired) electrons. The lowest BCUT2D eigenvalue weighted by molar-refractivity contribution is 0.209. The molecule has 3 aliphatic carbocycles. The Morgan fingerprint density at radius 1 is 0.474 bits per heavy atom. The molecule has 110 valence electrons. The zero-order valence-corrected chi connectivity index (χ0v) is 12.9. The molecule has 3 rings (SSSR count). The quantitative estimate of drug-likeness (QED) is 0.554. The molecule has 0 heterocycles. The minimum Gasteiger partial charge on any atom is -0.0530 e. The van der Waals surface area contributed by atoms with Gasteiger partial charge in [0.15, 0.2) is 0 Å². The maximum absolute atomic E-state index is 1.57. The van der Waals surface area contributed by atoms with E-state index in [-0.39, 0.29) is 0 Å². The van der Waals surface area contributed by atoms with Crippen molar-refractivity contribution in [2.75, 3.05) is 0 Å². The van der Waals surface area contributed by atoms with Crippen molar-refractivity contribution in [1.29, 1.82) is 0 Å². The summed E-state index contributed by atoms with van der Waals surface area (Å²) in [5, 5.41) is 0. The van der Waals surface area contributed by atoms with E-state index in [1.165, 1.54) is 12.8 Å². The van der Waals surface area contributed by atoms with Crippen LogP contribution in [0.25, 0.3) is 0 Å². The van der Waals surface area contributed by atoms with Crippen LogP contribution in [-0.2, 0) is 0 Å². The summed E-state index contributed by atoms with van der Waals surface area (Å²) in [6.07, 6.45) is 23.3. The second kappa shape index (κ2) is 7.14. The minimum absolute atomic E-state index is 1.10. The van der Waals surface area contributed by atoms with Gasteiger partial charge in [-0.05, 0) is 23.7 Å². The van der Waals surface area contributed by atoms with Crippen LogP contribution in [0.5, 0.6) is 0 Å². The van der Waals surface area contributed by atoms with Gasteiger partial charge < -0.3 is 0 Å². The zero-order valence-electron chi connectivity index (χ0n) is 12.9. The highest BCUT2D eigenvalue weighted by atomic mass is 14.3. The van der Waals surface area contributed by atoms with E-state index in [1.807, 2.05) is 0 Å². The first-order valence-electron chi connectivity index (χ1n) is 9.42. The van der Waals surface area contributed by atoms with Crippen LogP contribution in [-0.4, -0.2) is 0 Å². The normalized spacial score (nSPS) is 36.9. The number of hydrogen-bond donors (Lipinski definition) is 0. The summed E-state index contributed by atoms with van der Waals surface area (Å²) in [6, 6.07) is 0. The molecule has 0 aromatic carbocycles. The second-order valence-electron chi connectivity index (χ2n) is 7.91. The van der Waals surface area contributed by atoms with Gasteiger partial charge in [0.2, 0.25) is 0 Å². The predicted molar refractivity (Wildman–Crippen MR) is 83.2 cm³/mol. The van der Waals surface area contributed by atoms with Crippen molar-refractivity contribution < 1.29 is 0 Å². The molecule has 0 bridgehead atoms. The Morgan fingerprint density at radius 2 is 0.947 bits per heavy atom. The average Bonchev–Trinajstić information content (AvgIpc) is 3.22. The SMILES string of the molecule is C(CC1CCCC2CCCCC2CCC1)CC1CC1. The Hall–Kier alpha value is 0. The van der Waals surface area contributed by atoms with Crippen LogP contribution in [0.3, 0.4) is 0 Å². The molecular formula is C19H34. The molecule has 0 heteroatoms. The fraction of sp³-hybridized carbons (Fsp3) is 1.00. The molecular weight excluding hydrogens is 228 g/mol. The standard InChI is InChI=1S/C19H34/c1-2-11-19-13-5-9-16(6-3-7-17-14-15-17)8-4-12-18(19)10-1/h16-19H,1-15H2. The van der Waals surface area contributed by atoms with Gasteiger partial charge >= 0.3 is 0 Å².